The molecule has 0 aliphatic carbocycles. The summed E-state index contributed by atoms with van der Waals surface area (Å²) in [6.07, 6.45) is 0. The monoisotopic (exact) mass is 168 g/mol. The third kappa shape index (κ3) is 1.81. The zero-order valence-electron chi connectivity index (χ0n) is 7.05. The van der Waals surface area contributed by atoms with Crippen LogP contribution in [-0.2, 0) is 0 Å². The van der Waals surface area contributed by atoms with Crippen molar-refractivity contribution >= 4 is 0 Å². The van der Waals surface area contributed by atoms with Gasteiger partial charge in [-0.15, -0.1) is 0 Å². The molecule has 1 atom stereocenters. The first-order valence-electron chi connectivity index (χ1n) is 3.87. The molecule has 1 aromatic rings. The summed E-state index contributed by atoms with van der Waals surface area (Å²) in [6, 6.07) is 4.62. The molecule has 2 nitrogen and oxygen atoms in total. The minimum atomic E-state index is -0.206. The van der Waals surface area contributed by atoms with Crippen LogP contribution >= 0.6 is 0 Å². The van der Waals surface area contributed by atoms with Crippen molar-refractivity contribution < 1.29 is 4.39 Å². The lowest BCUT2D eigenvalue weighted by Gasteiger charge is -2.09. The molecule has 0 radical (unpaired) electrons. The molecule has 3 heteroatoms. The zero-order valence-corrected chi connectivity index (χ0v) is 7.05. The maximum atomic E-state index is 12.8. The van der Waals surface area contributed by atoms with E-state index < -0.39 is 0 Å². The highest BCUT2D eigenvalue weighted by Crippen LogP contribution is 2.13. The van der Waals surface area contributed by atoms with Crippen LogP contribution in [0.15, 0.2) is 18.2 Å². The van der Waals surface area contributed by atoms with Crippen LogP contribution in [0.2, 0.25) is 0 Å². The molecule has 0 heterocycles. The normalized spacial score (nSPS) is 13.0. The van der Waals surface area contributed by atoms with E-state index in [4.69, 9.17) is 11.5 Å². The summed E-state index contributed by atoms with van der Waals surface area (Å²) in [5.74, 6) is -0.206. The third-order valence-corrected chi connectivity index (χ3v) is 1.86. The van der Waals surface area contributed by atoms with Crippen molar-refractivity contribution in [3.8, 4) is 0 Å². The highest BCUT2D eigenvalue weighted by Gasteiger charge is 2.04. The maximum Gasteiger partial charge on any atom is 0.126 e. The Kier molecular flexibility index (Phi) is 2.78. The topological polar surface area (TPSA) is 52.0 Å². The first-order chi connectivity index (χ1) is 5.65. The summed E-state index contributed by atoms with van der Waals surface area (Å²) >= 11 is 0. The van der Waals surface area contributed by atoms with Gasteiger partial charge in [0.05, 0.1) is 0 Å². The summed E-state index contributed by atoms with van der Waals surface area (Å²) in [7, 11) is 0. The van der Waals surface area contributed by atoms with Gasteiger partial charge in [0.25, 0.3) is 0 Å². The molecule has 4 N–H and O–H groups in total. The number of nitrogens with two attached hydrogens (primary N) is 2. The second-order valence-electron chi connectivity index (χ2n) is 2.85. The van der Waals surface area contributed by atoms with Crippen molar-refractivity contribution in [1.82, 2.24) is 0 Å². The lowest BCUT2D eigenvalue weighted by Crippen LogP contribution is -2.20. The highest BCUT2D eigenvalue weighted by atomic mass is 19.1. The number of rotatable bonds is 2. The molecule has 0 spiro atoms. The van der Waals surface area contributed by atoms with Gasteiger partial charge < -0.3 is 11.5 Å². The lowest BCUT2D eigenvalue weighted by atomic mass is 10.1. The first-order valence-corrected chi connectivity index (χ1v) is 3.87. The van der Waals surface area contributed by atoms with Crippen molar-refractivity contribution in [2.24, 2.45) is 11.5 Å². The van der Waals surface area contributed by atoms with E-state index in [9.17, 15) is 4.39 Å². The Morgan fingerprint density at radius 2 is 2.17 bits per heavy atom. The van der Waals surface area contributed by atoms with E-state index in [0.29, 0.717) is 12.1 Å². The highest BCUT2D eigenvalue weighted by molar-refractivity contribution is 5.26. The summed E-state index contributed by atoms with van der Waals surface area (Å²) in [6.45, 7) is 2.09. The molecular formula is C9H13FN2. The first kappa shape index (κ1) is 9.16. The SMILES string of the molecule is Cc1cc([C@H](N)CN)ccc1F. The Bertz CT molecular complexity index is 273. The Morgan fingerprint density at radius 3 is 2.67 bits per heavy atom. The molecular weight excluding hydrogens is 155 g/mol. The second kappa shape index (κ2) is 3.65. The number of halogens is 1. The zero-order chi connectivity index (χ0) is 9.14. The van der Waals surface area contributed by atoms with Crippen molar-refractivity contribution in [2.45, 2.75) is 13.0 Å². The molecule has 1 rings (SSSR count). The van der Waals surface area contributed by atoms with Crippen molar-refractivity contribution in [2.75, 3.05) is 6.54 Å². The smallest absolute Gasteiger partial charge is 0.126 e. The summed E-state index contributed by atoms with van der Waals surface area (Å²) in [4.78, 5) is 0. The fraction of sp³-hybridized carbons (Fsp3) is 0.333. The van der Waals surface area contributed by atoms with Gasteiger partial charge in [0.15, 0.2) is 0 Å². The van der Waals surface area contributed by atoms with Crippen molar-refractivity contribution in [3.63, 3.8) is 0 Å². The van der Waals surface area contributed by atoms with Gasteiger partial charge in [0.2, 0.25) is 0 Å². The lowest BCUT2D eigenvalue weighted by molar-refractivity contribution is 0.615. The minimum absolute atomic E-state index is 0.190. The molecule has 0 aliphatic heterocycles. The number of hydrogen-bond acceptors (Lipinski definition) is 2. The van der Waals surface area contributed by atoms with Gasteiger partial charge in [0.1, 0.15) is 5.82 Å². The molecule has 1 aromatic carbocycles. The molecule has 66 valence electrons. The molecule has 0 unspecified atom stereocenters. The van der Waals surface area contributed by atoms with Gasteiger partial charge in [0, 0.05) is 12.6 Å². The average molecular weight is 168 g/mol. The summed E-state index contributed by atoms with van der Waals surface area (Å²) in [5.41, 5.74) is 12.5. The molecule has 0 bridgehead atoms. The molecule has 0 saturated heterocycles. The average Bonchev–Trinajstić information content (AvgIpc) is 2.08. The number of hydrogen-bond donors (Lipinski definition) is 2. The molecule has 0 saturated carbocycles. The van der Waals surface area contributed by atoms with Crippen LogP contribution in [0.3, 0.4) is 0 Å². The van der Waals surface area contributed by atoms with Gasteiger partial charge in [-0.2, -0.15) is 0 Å². The van der Waals surface area contributed by atoms with E-state index in [2.05, 4.69) is 0 Å². The van der Waals surface area contributed by atoms with Crippen molar-refractivity contribution in [1.29, 1.82) is 0 Å². The van der Waals surface area contributed by atoms with Crippen LogP contribution in [0.4, 0.5) is 4.39 Å². The number of aryl methyl sites for hydroxylation is 1. The largest absolute Gasteiger partial charge is 0.329 e. The van der Waals surface area contributed by atoms with Crippen LogP contribution in [-0.4, -0.2) is 6.54 Å². The number of benzene rings is 1. The van der Waals surface area contributed by atoms with Gasteiger partial charge in [-0.05, 0) is 24.1 Å². The fourth-order valence-corrected chi connectivity index (χ4v) is 1.03. The van der Waals surface area contributed by atoms with Gasteiger partial charge in [-0.25, -0.2) is 4.39 Å². The van der Waals surface area contributed by atoms with E-state index in [1.807, 2.05) is 0 Å². The van der Waals surface area contributed by atoms with Crippen molar-refractivity contribution in [3.05, 3.63) is 35.1 Å². The summed E-state index contributed by atoms with van der Waals surface area (Å²) < 4.78 is 12.8. The van der Waals surface area contributed by atoms with E-state index in [1.54, 1.807) is 19.1 Å². The van der Waals surface area contributed by atoms with Crippen LogP contribution in [0.1, 0.15) is 17.2 Å². The van der Waals surface area contributed by atoms with E-state index in [-0.39, 0.29) is 11.9 Å². The Morgan fingerprint density at radius 1 is 1.50 bits per heavy atom. The van der Waals surface area contributed by atoms with Crippen LogP contribution in [0, 0.1) is 12.7 Å². The standard InChI is InChI=1S/C9H13FN2/c1-6-4-7(9(12)5-11)2-3-8(6)10/h2-4,9H,5,11-12H2,1H3/t9-/m1/s1. The Hall–Kier alpha value is -0.930. The maximum absolute atomic E-state index is 12.8. The van der Waals surface area contributed by atoms with Gasteiger partial charge >= 0.3 is 0 Å². The predicted molar refractivity (Wildman–Crippen MR) is 47.1 cm³/mol. The fourth-order valence-electron chi connectivity index (χ4n) is 1.03. The molecule has 0 amide bonds. The summed E-state index contributed by atoms with van der Waals surface area (Å²) in [5, 5.41) is 0. The Labute approximate surface area is 71.4 Å². The minimum Gasteiger partial charge on any atom is -0.329 e. The van der Waals surface area contributed by atoms with Gasteiger partial charge in [-0.1, -0.05) is 12.1 Å². The predicted octanol–water partition coefficient (Wildman–Crippen LogP) is 1.09. The van der Waals surface area contributed by atoms with E-state index in [1.165, 1.54) is 6.07 Å². The quantitative estimate of drug-likeness (QED) is 0.694. The molecule has 0 aliphatic rings. The Balaban J connectivity index is 2.96. The van der Waals surface area contributed by atoms with Crippen LogP contribution in [0.5, 0.6) is 0 Å². The molecule has 0 aromatic heterocycles. The molecule has 12 heavy (non-hydrogen) atoms. The van der Waals surface area contributed by atoms with E-state index in [0.717, 1.165) is 5.56 Å². The van der Waals surface area contributed by atoms with Crippen LogP contribution in [0.25, 0.3) is 0 Å². The third-order valence-electron chi connectivity index (χ3n) is 1.86. The van der Waals surface area contributed by atoms with Crippen LogP contribution < -0.4 is 11.5 Å². The second-order valence-corrected chi connectivity index (χ2v) is 2.85. The van der Waals surface area contributed by atoms with Gasteiger partial charge in [-0.3, -0.25) is 0 Å². The molecule has 0 fully saturated rings. The van der Waals surface area contributed by atoms with E-state index >= 15 is 0 Å².